The van der Waals surface area contributed by atoms with Crippen LogP contribution in [0.1, 0.15) is 32.7 Å². The summed E-state index contributed by atoms with van der Waals surface area (Å²) >= 11 is 0. The first-order valence-electron chi connectivity index (χ1n) is 9.46. The van der Waals surface area contributed by atoms with E-state index >= 15 is 0 Å². The Hall–Kier alpha value is -3.67. The molecule has 29 heavy (non-hydrogen) atoms. The summed E-state index contributed by atoms with van der Waals surface area (Å²) in [5.74, 6) is 0.453. The molecule has 0 atom stereocenters. The lowest BCUT2D eigenvalue weighted by molar-refractivity contribution is 0.0983. The molecule has 0 saturated heterocycles. The fraction of sp³-hybridized carbons (Fsp3) is 0.174. The molecule has 0 saturated carbocycles. The van der Waals surface area contributed by atoms with Crippen molar-refractivity contribution in [2.75, 3.05) is 23.9 Å². The predicted molar refractivity (Wildman–Crippen MR) is 112 cm³/mol. The van der Waals surface area contributed by atoms with Gasteiger partial charge in [-0.1, -0.05) is 0 Å². The van der Waals surface area contributed by atoms with Crippen molar-refractivity contribution >= 4 is 23.2 Å². The summed E-state index contributed by atoms with van der Waals surface area (Å²) in [6.07, 6.45) is 4.96. The molecule has 0 aliphatic carbocycles. The normalized spacial score (nSPS) is 12.8. The van der Waals surface area contributed by atoms with Gasteiger partial charge < -0.3 is 15.0 Å². The Morgan fingerprint density at radius 3 is 2.62 bits per heavy atom. The Balaban J connectivity index is 1.53. The van der Waals surface area contributed by atoms with Crippen molar-refractivity contribution in [1.29, 1.82) is 0 Å². The van der Waals surface area contributed by atoms with E-state index in [1.54, 1.807) is 60.8 Å². The number of hydrogen-bond acceptors (Lipinski definition) is 4. The van der Waals surface area contributed by atoms with Crippen molar-refractivity contribution in [3.8, 4) is 5.75 Å². The zero-order valence-electron chi connectivity index (χ0n) is 16.1. The fourth-order valence-corrected chi connectivity index (χ4v) is 3.48. The number of nitrogens with zero attached hydrogens (tertiary/aromatic N) is 2. The van der Waals surface area contributed by atoms with Gasteiger partial charge in [0.05, 0.1) is 12.7 Å². The monoisotopic (exact) mass is 387 g/mol. The molecule has 2 heterocycles. The lowest BCUT2D eigenvalue weighted by Crippen LogP contribution is -2.35. The molecule has 6 heteroatoms. The number of aromatic nitrogens is 1. The van der Waals surface area contributed by atoms with E-state index in [1.165, 1.54) is 0 Å². The second kappa shape index (κ2) is 8.14. The minimum Gasteiger partial charge on any atom is -0.497 e. The number of hydrogen-bond donors (Lipinski definition) is 1. The summed E-state index contributed by atoms with van der Waals surface area (Å²) in [4.78, 5) is 31.2. The van der Waals surface area contributed by atoms with Gasteiger partial charge in [-0.3, -0.25) is 14.6 Å². The summed E-state index contributed by atoms with van der Waals surface area (Å²) in [6, 6.07) is 16.2. The van der Waals surface area contributed by atoms with E-state index in [1.807, 2.05) is 18.2 Å². The molecule has 1 aromatic heterocycles. The third-order valence-corrected chi connectivity index (χ3v) is 4.96. The largest absolute Gasteiger partial charge is 0.497 e. The molecule has 146 valence electrons. The number of carbonyl (C=O) groups is 2. The number of benzene rings is 2. The number of methoxy groups -OCH3 is 1. The van der Waals surface area contributed by atoms with Gasteiger partial charge in [0, 0.05) is 35.9 Å². The van der Waals surface area contributed by atoms with Crippen LogP contribution in [0.5, 0.6) is 5.75 Å². The average molecular weight is 387 g/mol. The first kappa shape index (κ1) is 18.7. The Morgan fingerprint density at radius 2 is 1.90 bits per heavy atom. The molecule has 0 bridgehead atoms. The molecule has 0 spiro atoms. The molecule has 1 N–H and O–H groups in total. The SMILES string of the molecule is COc1ccc(C(=O)Nc2ccc3c(c2)CCCN3C(=O)c2cccnc2)cc1. The molecule has 6 nitrogen and oxygen atoms in total. The van der Waals surface area contributed by atoms with Gasteiger partial charge in [0.1, 0.15) is 5.75 Å². The second-order valence-electron chi connectivity index (χ2n) is 6.83. The van der Waals surface area contributed by atoms with Crippen LogP contribution in [0.15, 0.2) is 67.0 Å². The first-order valence-corrected chi connectivity index (χ1v) is 9.46. The number of anilines is 2. The van der Waals surface area contributed by atoms with Crippen LogP contribution in [0.2, 0.25) is 0 Å². The Kier molecular flexibility index (Phi) is 5.24. The zero-order valence-corrected chi connectivity index (χ0v) is 16.1. The lowest BCUT2D eigenvalue weighted by atomic mass is 10.00. The minimum atomic E-state index is -0.188. The van der Waals surface area contributed by atoms with E-state index in [-0.39, 0.29) is 11.8 Å². The number of ether oxygens (including phenoxy) is 1. The average Bonchev–Trinajstić information content (AvgIpc) is 2.78. The van der Waals surface area contributed by atoms with Crippen molar-refractivity contribution in [3.05, 3.63) is 83.7 Å². The molecule has 0 unspecified atom stereocenters. The summed E-state index contributed by atoms with van der Waals surface area (Å²) in [6.45, 7) is 0.665. The highest BCUT2D eigenvalue weighted by molar-refractivity contribution is 6.07. The van der Waals surface area contributed by atoms with Crippen molar-refractivity contribution < 1.29 is 14.3 Å². The maximum atomic E-state index is 12.9. The molecule has 0 fully saturated rings. The Morgan fingerprint density at radius 1 is 1.07 bits per heavy atom. The van der Waals surface area contributed by atoms with Crippen LogP contribution in [0.3, 0.4) is 0 Å². The van der Waals surface area contributed by atoms with Crippen molar-refractivity contribution in [1.82, 2.24) is 4.98 Å². The molecule has 4 rings (SSSR count). The first-order chi connectivity index (χ1) is 14.2. The molecule has 3 aromatic rings. The van der Waals surface area contributed by atoms with Gasteiger partial charge in [-0.2, -0.15) is 0 Å². The summed E-state index contributed by atoms with van der Waals surface area (Å²) in [5.41, 5.74) is 3.75. The molecular weight excluding hydrogens is 366 g/mol. The van der Waals surface area contributed by atoms with Crippen LogP contribution < -0.4 is 15.0 Å². The minimum absolute atomic E-state index is 0.0610. The zero-order chi connectivity index (χ0) is 20.2. The van der Waals surface area contributed by atoms with Crippen molar-refractivity contribution in [3.63, 3.8) is 0 Å². The smallest absolute Gasteiger partial charge is 0.259 e. The van der Waals surface area contributed by atoms with Gasteiger partial charge in [-0.25, -0.2) is 0 Å². The van der Waals surface area contributed by atoms with Gasteiger partial charge in [0.15, 0.2) is 0 Å². The standard InChI is InChI=1S/C23H21N3O3/c1-29-20-9-6-16(7-10-20)22(27)25-19-8-11-21-17(14-19)5-3-13-26(21)23(28)18-4-2-12-24-15-18/h2,4,6-12,14-15H,3,5,13H2,1H3,(H,25,27). The van der Waals surface area contributed by atoms with E-state index in [4.69, 9.17) is 4.74 Å². The molecule has 2 amide bonds. The topological polar surface area (TPSA) is 71.5 Å². The quantitative estimate of drug-likeness (QED) is 0.736. The maximum absolute atomic E-state index is 12.9. The number of amides is 2. The molecule has 1 aliphatic heterocycles. The van der Waals surface area contributed by atoms with E-state index in [2.05, 4.69) is 10.3 Å². The van der Waals surface area contributed by atoms with Crippen LogP contribution in [0.25, 0.3) is 0 Å². The molecule has 2 aromatic carbocycles. The highest BCUT2D eigenvalue weighted by atomic mass is 16.5. The molecule has 0 radical (unpaired) electrons. The predicted octanol–water partition coefficient (Wildman–Crippen LogP) is 3.94. The summed E-state index contributed by atoms with van der Waals surface area (Å²) in [7, 11) is 1.59. The fourth-order valence-electron chi connectivity index (χ4n) is 3.48. The number of aryl methyl sites for hydroxylation is 1. The third-order valence-electron chi connectivity index (χ3n) is 4.96. The van der Waals surface area contributed by atoms with Crippen LogP contribution in [-0.4, -0.2) is 30.5 Å². The molecular formula is C23H21N3O3. The highest BCUT2D eigenvalue weighted by Crippen LogP contribution is 2.31. The van der Waals surface area contributed by atoms with Gasteiger partial charge in [0.25, 0.3) is 11.8 Å². The molecule has 1 aliphatic rings. The van der Waals surface area contributed by atoms with Crippen molar-refractivity contribution in [2.45, 2.75) is 12.8 Å². The maximum Gasteiger partial charge on any atom is 0.259 e. The Bertz CT molecular complexity index is 1030. The number of nitrogens with one attached hydrogen (secondary N) is 1. The lowest BCUT2D eigenvalue weighted by Gasteiger charge is -2.30. The number of carbonyl (C=O) groups excluding carboxylic acids is 2. The van der Waals surface area contributed by atoms with E-state index in [0.29, 0.717) is 29.1 Å². The van der Waals surface area contributed by atoms with E-state index in [9.17, 15) is 9.59 Å². The Labute approximate surface area is 169 Å². The van der Waals surface area contributed by atoms with E-state index in [0.717, 1.165) is 24.1 Å². The van der Waals surface area contributed by atoms with Crippen LogP contribution in [0.4, 0.5) is 11.4 Å². The van der Waals surface area contributed by atoms with Crippen molar-refractivity contribution in [2.24, 2.45) is 0 Å². The number of rotatable bonds is 4. The van der Waals surface area contributed by atoms with Gasteiger partial charge in [-0.15, -0.1) is 0 Å². The van der Waals surface area contributed by atoms with Gasteiger partial charge in [0.2, 0.25) is 0 Å². The number of fused-ring (bicyclic) bond motifs is 1. The third kappa shape index (κ3) is 3.96. The summed E-state index contributed by atoms with van der Waals surface area (Å²) in [5, 5.41) is 2.93. The highest BCUT2D eigenvalue weighted by Gasteiger charge is 2.24. The van der Waals surface area contributed by atoms with Crippen LogP contribution >= 0.6 is 0 Å². The number of pyridine rings is 1. The van der Waals surface area contributed by atoms with E-state index < -0.39 is 0 Å². The summed E-state index contributed by atoms with van der Waals surface area (Å²) < 4.78 is 5.12. The van der Waals surface area contributed by atoms with Crippen LogP contribution in [0, 0.1) is 0 Å². The second-order valence-corrected chi connectivity index (χ2v) is 6.83. The van der Waals surface area contributed by atoms with Crippen LogP contribution in [-0.2, 0) is 6.42 Å². The van der Waals surface area contributed by atoms with Gasteiger partial charge >= 0.3 is 0 Å². The van der Waals surface area contributed by atoms with Gasteiger partial charge in [-0.05, 0) is 73.0 Å².